The van der Waals surface area contributed by atoms with E-state index in [1.807, 2.05) is 59.7 Å². The second kappa shape index (κ2) is 12.7. The van der Waals surface area contributed by atoms with Gasteiger partial charge in [0.1, 0.15) is 12.1 Å². The number of nitrogens with zero attached hydrogens (tertiary/aromatic N) is 1. The summed E-state index contributed by atoms with van der Waals surface area (Å²) >= 11 is 0. The number of aliphatic imine (C=N–C) groups is 1. The summed E-state index contributed by atoms with van der Waals surface area (Å²) in [5.41, 5.74) is 0.503. The molecule has 0 aliphatic carbocycles. The predicted molar refractivity (Wildman–Crippen MR) is 123 cm³/mol. The topological polar surface area (TPSA) is 81.2 Å². The van der Waals surface area contributed by atoms with Crippen LogP contribution in [0.4, 0.5) is 0 Å². The van der Waals surface area contributed by atoms with Crippen LogP contribution >= 0.6 is 24.0 Å². The smallest absolute Gasteiger partial charge is 0.325 e. The summed E-state index contributed by atoms with van der Waals surface area (Å²) in [6.07, 6.45) is 0. The average Bonchev–Trinajstić information content (AvgIpc) is 2.58. The van der Waals surface area contributed by atoms with Crippen LogP contribution in [-0.4, -0.2) is 44.3 Å². The molecule has 0 amide bonds. The standard InChI is InChI=1S/C20H33N3O4.HI/c1-8-25-16-11-10-15(12-17(16)26-9-2)14(3)23-19(21-7)22-13-18(24)27-20(4,5)6;/h10-12,14H,8-9,13H2,1-7H3,(H2,21,22,23);1H. The summed E-state index contributed by atoms with van der Waals surface area (Å²) in [5, 5.41) is 6.23. The van der Waals surface area contributed by atoms with Gasteiger partial charge in [-0.05, 0) is 59.2 Å². The molecular formula is C20H34IN3O4. The Labute approximate surface area is 185 Å². The number of ether oxygens (including phenoxy) is 3. The molecule has 1 aromatic rings. The Morgan fingerprint density at radius 3 is 2.29 bits per heavy atom. The van der Waals surface area contributed by atoms with Crippen molar-refractivity contribution in [1.29, 1.82) is 0 Å². The molecule has 0 bridgehead atoms. The Hall–Kier alpha value is -1.71. The molecule has 0 saturated heterocycles. The van der Waals surface area contributed by atoms with E-state index >= 15 is 0 Å². The molecule has 1 atom stereocenters. The molecule has 0 aromatic heterocycles. The summed E-state index contributed by atoms with van der Waals surface area (Å²) in [5.74, 6) is 1.61. The second-order valence-corrected chi connectivity index (χ2v) is 6.95. The molecule has 0 heterocycles. The van der Waals surface area contributed by atoms with Gasteiger partial charge in [-0.1, -0.05) is 6.07 Å². The van der Waals surface area contributed by atoms with Gasteiger partial charge in [0.15, 0.2) is 17.5 Å². The van der Waals surface area contributed by atoms with Crippen molar-refractivity contribution in [1.82, 2.24) is 10.6 Å². The van der Waals surface area contributed by atoms with Crippen LogP contribution in [0.5, 0.6) is 11.5 Å². The number of hydrogen-bond donors (Lipinski definition) is 2. The predicted octanol–water partition coefficient (Wildman–Crippen LogP) is 3.67. The third kappa shape index (κ3) is 9.48. The fraction of sp³-hybridized carbons (Fsp3) is 0.600. The number of nitrogens with one attached hydrogen (secondary N) is 2. The van der Waals surface area contributed by atoms with Crippen LogP contribution in [-0.2, 0) is 9.53 Å². The highest BCUT2D eigenvalue weighted by Crippen LogP contribution is 2.30. The first kappa shape index (κ1) is 26.3. The monoisotopic (exact) mass is 507 g/mol. The van der Waals surface area contributed by atoms with Crippen molar-refractivity contribution in [3.05, 3.63) is 23.8 Å². The quantitative estimate of drug-likeness (QED) is 0.242. The van der Waals surface area contributed by atoms with Gasteiger partial charge in [-0.25, -0.2) is 0 Å². The van der Waals surface area contributed by atoms with Gasteiger partial charge < -0.3 is 24.8 Å². The van der Waals surface area contributed by atoms with Gasteiger partial charge in [-0.15, -0.1) is 24.0 Å². The minimum Gasteiger partial charge on any atom is -0.490 e. The summed E-state index contributed by atoms with van der Waals surface area (Å²) in [4.78, 5) is 16.0. The van der Waals surface area contributed by atoms with Crippen molar-refractivity contribution in [2.75, 3.05) is 26.8 Å². The number of carbonyl (C=O) groups is 1. The maximum absolute atomic E-state index is 11.9. The van der Waals surface area contributed by atoms with E-state index in [4.69, 9.17) is 14.2 Å². The van der Waals surface area contributed by atoms with Crippen LogP contribution < -0.4 is 20.1 Å². The van der Waals surface area contributed by atoms with E-state index < -0.39 is 5.60 Å². The van der Waals surface area contributed by atoms with Crippen LogP contribution in [0.3, 0.4) is 0 Å². The molecule has 0 aliphatic heterocycles. The third-order valence-corrected chi connectivity index (χ3v) is 3.46. The minimum absolute atomic E-state index is 0. The molecule has 7 nitrogen and oxygen atoms in total. The second-order valence-electron chi connectivity index (χ2n) is 6.95. The fourth-order valence-electron chi connectivity index (χ4n) is 2.35. The van der Waals surface area contributed by atoms with E-state index in [-0.39, 0.29) is 42.5 Å². The van der Waals surface area contributed by atoms with Gasteiger partial charge >= 0.3 is 5.97 Å². The van der Waals surface area contributed by atoms with E-state index in [0.29, 0.717) is 24.9 Å². The molecule has 0 spiro atoms. The summed E-state index contributed by atoms with van der Waals surface area (Å²) in [6.45, 7) is 12.6. The van der Waals surface area contributed by atoms with E-state index in [1.54, 1.807) is 7.05 Å². The number of benzene rings is 1. The van der Waals surface area contributed by atoms with Gasteiger partial charge in [0.25, 0.3) is 0 Å². The molecule has 160 valence electrons. The Balaban J connectivity index is 0.00000729. The van der Waals surface area contributed by atoms with Crippen LogP contribution in [0.2, 0.25) is 0 Å². The maximum Gasteiger partial charge on any atom is 0.325 e. The molecule has 0 fully saturated rings. The first-order chi connectivity index (χ1) is 12.7. The fourth-order valence-corrected chi connectivity index (χ4v) is 2.35. The van der Waals surface area contributed by atoms with E-state index in [0.717, 1.165) is 11.3 Å². The lowest BCUT2D eigenvalue weighted by molar-refractivity contribution is -0.153. The van der Waals surface area contributed by atoms with Crippen LogP contribution in [0.25, 0.3) is 0 Å². The van der Waals surface area contributed by atoms with Gasteiger partial charge in [-0.3, -0.25) is 9.79 Å². The number of hydrogen-bond acceptors (Lipinski definition) is 5. The van der Waals surface area contributed by atoms with Crippen molar-refractivity contribution in [2.45, 2.75) is 53.2 Å². The van der Waals surface area contributed by atoms with Crippen LogP contribution in [0.15, 0.2) is 23.2 Å². The molecule has 1 rings (SSSR count). The molecule has 0 aliphatic rings. The van der Waals surface area contributed by atoms with Crippen molar-refractivity contribution < 1.29 is 19.0 Å². The van der Waals surface area contributed by atoms with Crippen molar-refractivity contribution >= 4 is 35.9 Å². The van der Waals surface area contributed by atoms with Gasteiger partial charge in [0.05, 0.1) is 19.3 Å². The summed E-state index contributed by atoms with van der Waals surface area (Å²) in [6, 6.07) is 5.78. The Morgan fingerprint density at radius 2 is 1.75 bits per heavy atom. The Bertz CT molecular complexity index is 645. The number of rotatable bonds is 8. The molecule has 28 heavy (non-hydrogen) atoms. The van der Waals surface area contributed by atoms with Crippen LogP contribution in [0.1, 0.15) is 53.1 Å². The third-order valence-electron chi connectivity index (χ3n) is 3.46. The van der Waals surface area contributed by atoms with Gasteiger partial charge in [0.2, 0.25) is 0 Å². The molecule has 2 N–H and O–H groups in total. The highest BCUT2D eigenvalue weighted by Gasteiger charge is 2.17. The zero-order valence-electron chi connectivity index (χ0n) is 17.9. The Morgan fingerprint density at radius 1 is 1.14 bits per heavy atom. The van der Waals surface area contributed by atoms with Gasteiger partial charge in [0, 0.05) is 7.05 Å². The van der Waals surface area contributed by atoms with Crippen molar-refractivity contribution in [3.63, 3.8) is 0 Å². The number of guanidine groups is 1. The lowest BCUT2D eigenvalue weighted by Gasteiger charge is -2.22. The zero-order chi connectivity index (χ0) is 20.4. The molecule has 1 unspecified atom stereocenters. The van der Waals surface area contributed by atoms with Crippen LogP contribution in [0, 0.1) is 0 Å². The van der Waals surface area contributed by atoms with Crippen molar-refractivity contribution in [3.8, 4) is 11.5 Å². The average molecular weight is 507 g/mol. The molecule has 1 aromatic carbocycles. The molecule has 0 saturated carbocycles. The Kier molecular flexibility index (Phi) is 11.9. The number of carbonyl (C=O) groups excluding carboxylic acids is 1. The van der Waals surface area contributed by atoms with Gasteiger partial charge in [-0.2, -0.15) is 0 Å². The molecule has 8 heteroatoms. The van der Waals surface area contributed by atoms with E-state index in [9.17, 15) is 4.79 Å². The maximum atomic E-state index is 11.9. The highest BCUT2D eigenvalue weighted by atomic mass is 127. The molecular weight excluding hydrogens is 473 g/mol. The minimum atomic E-state index is -0.513. The first-order valence-corrected chi connectivity index (χ1v) is 9.28. The number of halogens is 1. The van der Waals surface area contributed by atoms with E-state index in [2.05, 4.69) is 15.6 Å². The zero-order valence-corrected chi connectivity index (χ0v) is 20.2. The SMILES string of the molecule is CCOc1ccc(C(C)NC(=NC)NCC(=O)OC(C)(C)C)cc1OCC.I. The summed E-state index contributed by atoms with van der Waals surface area (Å²) in [7, 11) is 1.65. The van der Waals surface area contributed by atoms with Crippen molar-refractivity contribution in [2.24, 2.45) is 4.99 Å². The normalized spacial score (nSPS) is 12.5. The van der Waals surface area contributed by atoms with E-state index in [1.165, 1.54) is 0 Å². The highest BCUT2D eigenvalue weighted by molar-refractivity contribution is 14.0. The number of esters is 1. The lowest BCUT2D eigenvalue weighted by Crippen LogP contribution is -2.42. The summed E-state index contributed by atoms with van der Waals surface area (Å²) < 4.78 is 16.6. The lowest BCUT2D eigenvalue weighted by atomic mass is 10.1. The first-order valence-electron chi connectivity index (χ1n) is 9.28. The molecule has 0 radical (unpaired) electrons. The largest absolute Gasteiger partial charge is 0.490 e.